The van der Waals surface area contributed by atoms with Gasteiger partial charge in [0, 0.05) is 25.8 Å². The van der Waals surface area contributed by atoms with E-state index < -0.39 is 0 Å². The average Bonchev–Trinajstić information content (AvgIpc) is 3.53. The van der Waals surface area contributed by atoms with Crippen LogP contribution in [-0.4, -0.2) is 0 Å². The van der Waals surface area contributed by atoms with E-state index in [-0.39, 0.29) is 52.0 Å². The molecule has 4 rings (SSSR count). The molecule has 0 atom stereocenters. The molecule has 137 valence electrons. The van der Waals surface area contributed by atoms with Crippen molar-refractivity contribution in [3.8, 4) is 11.8 Å². The van der Waals surface area contributed by atoms with Gasteiger partial charge in [0.2, 0.25) is 0 Å². The van der Waals surface area contributed by atoms with Crippen molar-refractivity contribution in [3.63, 3.8) is 0 Å². The molecule has 0 spiro atoms. The van der Waals surface area contributed by atoms with Gasteiger partial charge >= 0.3 is 26.2 Å². The molecule has 0 aromatic carbocycles. The normalized spacial score (nSPS) is 17.7. The van der Waals surface area contributed by atoms with E-state index in [4.69, 9.17) is 12.8 Å². The first kappa shape index (κ1) is 36.3. The van der Waals surface area contributed by atoms with Crippen LogP contribution in [0.15, 0.2) is 0 Å². The minimum atomic E-state index is 0. The number of hydrogen-bond acceptors (Lipinski definition) is 0. The molecule has 0 N–H and O–H groups in total. The zero-order valence-electron chi connectivity index (χ0n) is 16.5. The molecule has 21 radical (unpaired) electrons. The van der Waals surface area contributed by atoms with Gasteiger partial charge in [-0.15, -0.1) is 0 Å². The first-order chi connectivity index (χ1) is 12.8. The Kier molecular flexibility index (Phi) is 49.8. The molecule has 4 fully saturated rings. The van der Waals surface area contributed by atoms with Gasteiger partial charge in [-0.3, -0.25) is 0 Å². The predicted octanol–water partition coefficient (Wildman–Crippen LogP) is 5.27. The van der Waals surface area contributed by atoms with Gasteiger partial charge < -0.3 is 24.7 Å². The minimum Gasteiger partial charge on any atom is -0.694 e. The molecule has 2 heteroatoms. The van der Waals surface area contributed by atoms with E-state index in [1.807, 2.05) is 140 Å². The van der Waals surface area contributed by atoms with Crippen molar-refractivity contribution in [2.24, 2.45) is 0 Å². The smallest absolute Gasteiger partial charge is 0.694 e. The maximum atomic E-state index is 5.96. The fraction of sp³-hybridized carbons (Fsp3) is 0.0769. The maximum Gasteiger partial charge on any atom is 3.00 e. The van der Waals surface area contributed by atoms with E-state index in [9.17, 15) is 0 Å². The molecule has 0 amide bonds. The van der Waals surface area contributed by atoms with Gasteiger partial charge in [-0.25, -0.2) is 0 Å². The summed E-state index contributed by atoms with van der Waals surface area (Å²) in [5.41, 5.74) is 0. The van der Waals surface area contributed by atoms with Crippen LogP contribution in [-0.2, 0) is 52.0 Å². The van der Waals surface area contributed by atoms with Crippen molar-refractivity contribution in [2.75, 3.05) is 0 Å². The summed E-state index contributed by atoms with van der Waals surface area (Å²) >= 11 is 0. The molecule has 0 heterocycles. The van der Waals surface area contributed by atoms with E-state index >= 15 is 0 Å². The Bertz CT molecular complexity index is 215. The molecule has 0 aromatic rings. The molecule has 4 saturated carbocycles. The molecule has 0 bridgehead atoms. The van der Waals surface area contributed by atoms with Crippen LogP contribution in [0.4, 0.5) is 0 Å². The third kappa shape index (κ3) is 41.3. The van der Waals surface area contributed by atoms with E-state index in [0.29, 0.717) is 0 Å². The summed E-state index contributed by atoms with van der Waals surface area (Å²) in [5, 5.41) is 0. The van der Waals surface area contributed by atoms with Crippen molar-refractivity contribution in [1.29, 1.82) is 0 Å². The first-order valence-electron chi connectivity index (χ1n) is 8.17. The van der Waals surface area contributed by atoms with Crippen LogP contribution < -0.4 is 0 Å². The van der Waals surface area contributed by atoms with Crippen molar-refractivity contribution < 1.29 is 52.0 Å². The SMILES string of the molecule is [C-]#CC.[C-]#CC.[CH]1[CH][CH][CH][CH]1.[CH]1[CH][CH][CH][CH]1.[CH]1[CH][CH][CH][CH]1.[CH]1[CH][CH][CH][CH]1.[Hf].[Zr+3]. The summed E-state index contributed by atoms with van der Waals surface area (Å²) in [4.78, 5) is 0. The number of hydrogen-bond donors (Lipinski definition) is 0. The maximum absolute atomic E-state index is 5.96. The predicted molar refractivity (Wildman–Crippen MR) is 112 cm³/mol. The van der Waals surface area contributed by atoms with Crippen LogP contribution in [0, 0.1) is 153 Å². The molecule has 4 aliphatic rings. The largest absolute Gasteiger partial charge is 3.00 e. The van der Waals surface area contributed by atoms with Gasteiger partial charge in [-0.1, -0.05) is 0 Å². The van der Waals surface area contributed by atoms with E-state index in [1.54, 1.807) is 13.8 Å². The third-order valence-electron chi connectivity index (χ3n) is 2.22. The van der Waals surface area contributed by atoms with E-state index in [0.717, 1.165) is 0 Å². The summed E-state index contributed by atoms with van der Waals surface area (Å²) in [6.07, 6.45) is 51.9. The summed E-state index contributed by atoms with van der Waals surface area (Å²) in [6.45, 7) is 3.08. The van der Waals surface area contributed by atoms with E-state index in [1.165, 1.54) is 0 Å². The van der Waals surface area contributed by atoms with Gasteiger partial charge in [0.05, 0.1) is 0 Å². The molecule has 0 saturated heterocycles. The average molecular weight is 608 g/mol. The zero-order chi connectivity index (χ0) is 19.6. The Balaban J connectivity index is -0.000000124. The second-order valence-electron chi connectivity index (χ2n) is 4.35. The van der Waals surface area contributed by atoms with Gasteiger partial charge in [0.15, 0.2) is 0 Å². The van der Waals surface area contributed by atoms with E-state index in [2.05, 4.69) is 0 Å². The summed E-state index contributed by atoms with van der Waals surface area (Å²) < 4.78 is 0. The summed E-state index contributed by atoms with van der Waals surface area (Å²) in [7, 11) is 0. The summed E-state index contributed by atoms with van der Waals surface area (Å²) in [6, 6.07) is 0. The Morgan fingerprint density at radius 3 is 0.429 bits per heavy atom. The van der Waals surface area contributed by atoms with Gasteiger partial charge in [-0.2, -0.15) is 0 Å². The second-order valence-corrected chi connectivity index (χ2v) is 4.35. The molecule has 28 heavy (non-hydrogen) atoms. The van der Waals surface area contributed by atoms with Gasteiger partial charge in [0.1, 0.15) is 0 Å². The van der Waals surface area contributed by atoms with Crippen molar-refractivity contribution in [2.45, 2.75) is 13.8 Å². The Morgan fingerprint density at radius 1 is 0.357 bits per heavy atom. The van der Waals surface area contributed by atoms with Crippen molar-refractivity contribution in [1.82, 2.24) is 0 Å². The molecule has 4 aliphatic carbocycles. The fourth-order valence-electron chi connectivity index (χ4n) is 1.28. The third-order valence-corrected chi connectivity index (χ3v) is 2.22. The molecular weight excluding hydrogens is 582 g/mol. The van der Waals surface area contributed by atoms with Crippen molar-refractivity contribution in [3.05, 3.63) is 141 Å². The molecular formula is C26H26HfZr+. The van der Waals surface area contributed by atoms with Gasteiger partial charge in [0.25, 0.3) is 0 Å². The quantitative estimate of drug-likeness (QED) is 0.200. The van der Waals surface area contributed by atoms with Crippen LogP contribution in [0.5, 0.6) is 0 Å². The Labute approximate surface area is 217 Å². The molecule has 0 unspecified atom stereocenters. The molecule has 0 nitrogen and oxygen atoms in total. The van der Waals surface area contributed by atoms with Crippen molar-refractivity contribution >= 4 is 0 Å². The van der Waals surface area contributed by atoms with Crippen LogP contribution >= 0.6 is 0 Å². The zero-order valence-corrected chi connectivity index (χ0v) is 22.6. The van der Waals surface area contributed by atoms with Gasteiger partial charge in [-0.05, 0) is 142 Å². The Hall–Kier alpha value is 0.873. The standard InChI is InChI=1S/4C5H5.2C3H3.Hf.Zr/c4*1-2-4-5-3-1;2*1-3-2;;/h4*1-5H;2*1H3;;/q;;;;2*-1;;+3. The molecule has 0 aliphatic heterocycles. The van der Waals surface area contributed by atoms with Crippen LogP contribution in [0.2, 0.25) is 0 Å². The second kappa shape index (κ2) is 38.5. The topological polar surface area (TPSA) is 0 Å². The van der Waals surface area contributed by atoms with Crippen LogP contribution in [0.25, 0.3) is 0 Å². The van der Waals surface area contributed by atoms with Crippen LogP contribution in [0.1, 0.15) is 13.8 Å². The number of rotatable bonds is 0. The summed E-state index contributed by atoms with van der Waals surface area (Å²) in [5.74, 6) is 4.00. The monoisotopic (exact) mass is 608 g/mol. The Morgan fingerprint density at radius 2 is 0.393 bits per heavy atom. The minimum absolute atomic E-state index is 0. The van der Waals surface area contributed by atoms with Crippen LogP contribution in [0.3, 0.4) is 0 Å². The molecule has 0 aromatic heterocycles. The first-order valence-corrected chi connectivity index (χ1v) is 8.17. The fourth-order valence-corrected chi connectivity index (χ4v) is 1.28.